The molecule has 2 fully saturated rings. The van der Waals surface area contributed by atoms with Crippen LogP contribution in [-0.2, 0) is 11.3 Å². The van der Waals surface area contributed by atoms with Crippen LogP contribution < -0.4 is 9.80 Å². The number of aryl methyl sites for hydroxylation is 1. The zero-order chi connectivity index (χ0) is 19.5. The van der Waals surface area contributed by atoms with Gasteiger partial charge in [0, 0.05) is 57.8 Å². The Labute approximate surface area is 166 Å². The summed E-state index contributed by atoms with van der Waals surface area (Å²) in [5.41, 5.74) is 1.07. The minimum atomic E-state index is 0.362. The Hall–Kier alpha value is -2.19. The van der Waals surface area contributed by atoms with E-state index < -0.39 is 0 Å². The van der Waals surface area contributed by atoms with E-state index in [-0.39, 0.29) is 0 Å². The van der Waals surface area contributed by atoms with Gasteiger partial charge in [0.2, 0.25) is 0 Å². The van der Waals surface area contributed by atoms with Crippen LogP contribution in [0.5, 0.6) is 0 Å². The lowest BCUT2D eigenvalue weighted by molar-refractivity contribution is 0.122. The molecule has 0 atom stereocenters. The molecule has 8 nitrogen and oxygen atoms in total. The van der Waals surface area contributed by atoms with Crippen molar-refractivity contribution in [3.63, 3.8) is 0 Å². The highest BCUT2D eigenvalue weighted by molar-refractivity contribution is 5.51. The second-order valence-corrected chi connectivity index (χ2v) is 7.81. The van der Waals surface area contributed by atoms with E-state index in [9.17, 15) is 0 Å². The minimum Gasteiger partial charge on any atom is -0.448 e. The van der Waals surface area contributed by atoms with Gasteiger partial charge in [0.05, 0.1) is 18.9 Å². The number of aromatic nitrogens is 3. The first kappa shape index (κ1) is 19.1. The van der Waals surface area contributed by atoms with Crippen LogP contribution in [0, 0.1) is 6.92 Å². The maximum absolute atomic E-state index is 5.56. The van der Waals surface area contributed by atoms with Gasteiger partial charge in [-0.3, -0.25) is 4.90 Å². The monoisotopic (exact) mass is 386 g/mol. The summed E-state index contributed by atoms with van der Waals surface area (Å²) < 4.78 is 11.0. The van der Waals surface area contributed by atoms with Crippen molar-refractivity contribution < 1.29 is 9.15 Å². The topological polar surface area (TPSA) is 70.8 Å². The zero-order valence-corrected chi connectivity index (χ0v) is 17.1. The first-order chi connectivity index (χ1) is 13.6. The molecule has 4 rings (SSSR count). The van der Waals surface area contributed by atoms with Crippen molar-refractivity contribution >= 4 is 11.6 Å². The van der Waals surface area contributed by atoms with Crippen LogP contribution in [0.3, 0.4) is 0 Å². The van der Waals surface area contributed by atoms with Crippen LogP contribution in [0.25, 0.3) is 0 Å². The van der Waals surface area contributed by atoms with Crippen molar-refractivity contribution in [1.29, 1.82) is 0 Å². The van der Waals surface area contributed by atoms with Gasteiger partial charge in [-0.05, 0) is 6.92 Å². The molecule has 28 heavy (non-hydrogen) atoms. The number of morpholine rings is 1. The third-order valence-electron chi connectivity index (χ3n) is 5.41. The van der Waals surface area contributed by atoms with Gasteiger partial charge in [-0.2, -0.15) is 0 Å². The fourth-order valence-electron chi connectivity index (χ4n) is 3.87. The highest BCUT2D eigenvalue weighted by atomic mass is 16.5. The Morgan fingerprint density at radius 2 is 1.61 bits per heavy atom. The summed E-state index contributed by atoms with van der Waals surface area (Å²) in [6, 6.07) is 2.13. The largest absolute Gasteiger partial charge is 0.448 e. The molecule has 0 aromatic carbocycles. The maximum Gasteiger partial charge on any atom is 0.181 e. The Bertz CT molecular complexity index is 779. The second-order valence-electron chi connectivity index (χ2n) is 7.81. The number of ether oxygens (including phenoxy) is 1. The van der Waals surface area contributed by atoms with Gasteiger partial charge in [0.15, 0.2) is 6.39 Å². The van der Waals surface area contributed by atoms with Gasteiger partial charge in [-0.1, -0.05) is 13.8 Å². The van der Waals surface area contributed by atoms with Gasteiger partial charge in [-0.15, -0.1) is 0 Å². The molecule has 0 saturated carbocycles. The van der Waals surface area contributed by atoms with Crippen molar-refractivity contribution in [2.45, 2.75) is 33.2 Å². The average molecular weight is 387 g/mol. The summed E-state index contributed by atoms with van der Waals surface area (Å²) in [5, 5.41) is 0. The molecule has 0 spiro atoms. The predicted octanol–water partition coefficient (Wildman–Crippen LogP) is 2.06. The Morgan fingerprint density at radius 3 is 2.25 bits per heavy atom. The van der Waals surface area contributed by atoms with Crippen molar-refractivity contribution in [2.24, 2.45) is 0 Å². The fraction of sp³-hybridized carbons (Fsp3) is 0.650. The SMILES string of the molecule is Cc1nc(N2CCOCC2)cc(N2CCN(Cc3ncoc3C(C)C)CC2)n1. The van der Waals surface area contributed by atoms with Gasteiger partial charge < -0.3 is 19.0 Å². The Kier molecular flexibility index (Phi) is 5.77. The molecule has 0 amide bonds. The molecule has 8 heteroatoms. The summed E-state index contributed by atoms with van der Waals surface area (Å²) in [4.78, 5) is 20.9. The molecule has 2 aliphatic rings. The molecule has 4 heterocycles. The smallest absolute Gasteiger partial charge is 0.181 e. The molecule has 0 N–H and O–H groups in total. The van der Waals surface area contributed by atoms with E-state index in [0.717, 1.165) is 87.9 Å². The molecule has 0 radical (unpaired) electrons. The normalized spacial score (nSPS) is 18.9. The van der Waals surface area contributed by atoms with E-state index in [1.54, 1.807) is 6.39 Å². The number of nitrogens with zero attached hydrogens (tertiary/aromatic N) is 6. The van der Waals surface area contributed by atoms with E-state index in [4.69, 9.17) is 14.1 Å². The minimum absolute atomic E-state index is 0.362. The molecular formula is C20H30N6O2. The molecule has 0 bridgehead atoms. The third kappa shape index (κ3) is 4.28. The highest BCUT2D eigenvalue weighted by Crippen LogP contribution is 2.23. The standard InChI is InChI=1S/C20H30N6O2/c1-15(2)20-17(21-14-28-20)13-24-4-6-25(7-5-24)18-12-19(23-16(3)22-18)26-8-10-27-11-9-26/h12,14-15H,4-11,13H2,1-3H3. The molecule has 2 aliphatic heterocycles. The van der Waals surface area contributed by atoms with Crippen LogP contribution in [0.1, 0.15) is 37.0 Å². The lowest BCUT2D eigenvalue weighted by atomic mass is 10.1. The average Bonchev–Trinajstić information content (AvgIpc) is 3.17. The number of rotatable bonds is 5. The first-order valence-electron chi connectivity index (χ1n) is 10.2. The van der Waals surface area contributed by atoms with E-state index >= 15 is 0 Å². The van der Waals surface area contributed by atoms with Crippen molar-refractivity contribution in [1.82, 2.24) is 19.9 Å². The lowest BCUT2D eigenvalue weighted by Crippen LogP contribution is -2.46. The molecule has 2 aromatic heterocycles. The maximum atomic E-state index is 5.56. The summed E-state index contributed by atoms with van der Waals surface area (Å²) >= 11 is 0. The van der Waals surface area contributed by atoms with Crippen molar-refractivity contribution in [3.8, 4) is 0 Å². The van der Waals surface area contributed by atoms with Crippen LogP contribution in [0.2, 0.25) is 0 Å². The number of hydrogen-bond donors (Lipinski definition) is 0. The fourth-order valence-corrected chi connectivity index (χ4v) is 3.87. The summed E-state index contributed by atoms with van der Waals surface area (Å²) in [7, 11) is 0. The number of anilines is 2. The molecule has 2 aromatic rings. The third-order valence-corrected chi connectivity index (χ3v) is 5.41. The lowest BCUT2D eigenvalue weighted by Gasteiger charge is -2.36. The molecule has 152 valence electrons. The summed E-state index contributed by atoms with van der Waals surface area (Å²) in [6.07, 6.45) is 1.57. The van der Waals surface area contributed by atoms with Gasteiger partial charge >= 0.3 is 0 Å². The molecule has 0 unspecified atom stereocenters. The Morgan fingerprint density at radius 1 is 0.964 bits per heavy atom. The van der Waals surface area contributed by atoms with Gasteiger partial charge in [-0.25, -0.2) is 15.0 Å². The van der Waals surface area contributed by atoms with Crippen LogP contribution >= 0.6 is 0 Å². The summed E-state index contributed by atoms with van der Waals surface area (Å²) in [5.74, 6) is 4.23. The van der Waals surface area contributed by atoms with Crippen LogP contribution in [0.15, 0.2) is 16.9 Å². The molecule has 0 aliphatic carbocycles. The van der Waals surface area contributed by atoms with Gasteiger partial charge in [0.25, 0.3) is 0 Å². The molecular weight excluding hydrogens is 356 g/mol. The van der Waals surface area contributed by atoms with E-state index in [0.29, 0.717) is 5.92 Å². The quantitative estimate of drug-likeness (QED) is 0.773. The van der Waals surface area contributed by atoms with E-state index in [1.165, 1.54) is 0 Å². The number of oxazole rings is 1. The van der Waals surface area contributed by atoms with E-state index in [1.807, 2.05) is 6.92 Å². The predicted molar refractivity (Wildman–Crippen MR) is 108 cm³/mol. The van der Waals surface area contributed by atoms with Crippen LogP contribution in [-0.4, -0.2) is 72.3 Å². The second kappa shape index (κ2) is 8.45. The van der Waals surface area contributed by atoms with Crippen LogP contribution in [0.4, 0.5) is 11.6 Å². The van der Waals surface area contributed by atoms with Gasteiger partial charge in [0.1, 0.15) is 23.2 Å². The molecule has 2 saturated heterocycles. The zero-order valence-electron chi connectivity index (χ0n) is 17.1. The number of piperazine rings is 1. The summed E-state index contributed by atoms with van der Waals surface area (Å²) in [6.45, 7) is 14.3. The van der Waals surface area contributed by atoms with E-state index in [2.05, 4.69) is 44.6 Å². The number of hydrogen-bond acceptors (Lipinski definition) is 8. The Balaban J connectivity index is 1.39. The van der Waals surface area contributed by atoms with Crippen molar-refractivity contribution in [3.05, 3.63) is 29.7 Å². The highest BCUT2D eigenvalue weighted by Gasteiger charge is 2.23. The van der Waals surface area contributed by atoms with Crippen molar-refractivity contribution in [2.75, 3.05) is 62.3 Å². The first-order valence-corrected chi connectivity index (χ1v) is 10.2.